The number of carbonyl (C=O) groups is 1. The van der Waals surface area contributed by atoms with Crippen LogP contribution in [0.15, 0.2) is 36.4 Å². The summed E-state index contributed by atoms with van der Waals surface area (Å²) in [6.45, 7) is 6.69. The number of rotatable bonds is 8. The number of halogens is 1. The predicted molar refractivity (Wildman–Crippen MR) is 103 cm³/mol. The number of hydrogen-bond acceptors (Lipinski definition) is 4. The summed E-state index contributed by atoms with van der Waals surface area (Å²) in [5, 5.41) is 3.46. The predicted octanol–water partition coefficient (Wildman–Crippen LogP) is 4.64. The Kier molecular flexibility index (Phi) is 7.16. The molecule has 0 aromatic heterocycles. The van der Waals surface area contributed by atoms with Crippen LogP contribution >= 0.6 is 11.6 Å². The molecule has 26 heavy (non-hydrogen) atoms. The average Bonchev–Trinajstić information content (AvgIpc) is 2.64. The first kappa shape index (κ1) is 19.9. The number of carbonyl (C=O) groups excluding carboxylic acids is 1. The largest absolute Gasteiger partial charge is 0.497 e. The molecule has 0 aliphatic carbocycles. The lowest BCUT2D eigenvalue weighted by atomic mass is 10.1. The molecular weight excluding hydrogens is 354 g/mol. The van der Waals surface area contributed by atoms with Gasteiger partial charge in [-0.05, 0) is 50.6 Å². The molecule has 140 valence electrons. The van der Waals surface area contributed by atoms with Gasteiger partial charge in [0.25, 0.3) is 5.91 Å². The van der Waals surface area contributed by atoms with E-state index < -0.39 is 0 Å². The van der Waals surface area contributed by atoms with E-state index in [1.807, 2.05) is 26.8 Å². The summed E-state index contributed by atoms with van der Waals surface area (Å²) < 4.78 is 16.4. The number of hydrogen-bond donors (Lipinski definition) is 1. The van der Waals surface area contributed by atoms with Gasteiger partial charge in [0, 0.05) is 16.7 Å². The Morgan fingerprint density at radius 2 is 1.77 bits per heavy atom. The number of nitrogens with one attached hydrogen (secondary N) is 1. The van der Waals surface area contributed by atoms with Gasteiger partial charge in [0.05, 0.1) is 26.4 Å². The second-order valence-corrected chi connectivity index (χ2v) is 6.02. The molecule has 1 amide bonds. The lowest BCUT2D eigenvalue weighted by Gasteiger charge is -2.19. The molecule has 1 atom stereocenters. The van der Waals surface area contributed by atoms with E-state index in [0.29, 0.717) is 41.0 Å². The standard InChI is InChI=1S/C20H24ClNO4/c1-5-25-18-11-16(17(21)12-19(18)26-6-2)13(3)22-20(23)14-8-7-9-15(10-14)24-4/h7-13H,5-6H2,1-4H3,(H,22,23)/t13-/m1/s1. The van der Waals surface area contributed by atoms with Crippen molar-refractivity contribution in [3.63, 3.8) is 0 Å². The molecule has 0 bridgehead atoms. The van der Waals surface area contributed by atoms with Crippen LogP contribution in [0, 0.1) is 0 Å². The van der Waals surface area contributed by atoms with Crippen molar-refractivity contribution in [2.75, 3.05) is 20.3 Å². The highest BCUT2D eigenvalue weighted by Gasteiger charge is 2.18. The molecule has 2 rings (SSSR count). The molecule has 0 saturated carbocycles. The Bertz CT molecular complexity index is 763. The number of benzene rings is 2. The fourth-order valence-electron chi connectivity index (χ4n) is 2.54. The zero-order chi connectivity index (χ0) is 19.1. The van der Waals surface area contributed by atoms with Gasteiger partial charge in [-0.2, -0.15) is 0 Å². The van der Waals surface area contributed by atoms with Crippen LogP contribution in [0.4, 0.5) is 0 Å². The molecule has 0 aliphatic heterocycles. The number of methoxy groups -OCH3 is 1. The minimum absolute atomic E-state index is 0.209. The van der Waals surface area contributed by atoms with Crippen molar-refractivity contribution >= 4 is 17.5 Å². The SMILES string of the molecule is CCOc1cc(Cl)c([C@@H](C)NC(=O)c2cccc(OC)c2)cc1OCC. The summed E-state index contributed by atoms with van der Waals surface area (Å²) in [6, 6.07) is 10.2. The quantitative estimate of drug-likeness (QED) is 0.728. The van der Waals surface area contributed by atoms with Gasteiger partial charge in [-0.15, -0.1) is 0 Å². The molecule has 0 aliphatic rings. The first-order chi connectivity index (χ1) is 12.5. The molecule has 0 fully saturated rings. The molecule has 0 heterocycles. The Labute approximate surface area is 159 Å². The van der Waals surface area contributed by atoms with Crippen LogP contribution in [0.5, 0.6) is 17.2 Å². The smallest absolute Gasteiger partial charge is 0.251 e. The van der Waals surface area contributed by atoms with Crippen molar-refractivity contribution in [1.82, 2.24) is 5.32 Å². The first-order valence-corrected chi connectivity index (χ1v) is 8.91. The molecule has 0 spiro atoms. The van der Waals surface area contributed by atoms with Gasteiger partial charge in [0.2, 0.25) is 0 Å². The van der Waals surface area contributed by atoms with E-state index in [2.05, 4.69) is 5.32 Å². The Balaban J connectivity index is 2.23. The van der Waals surface area contributed by atoms with E-state index in [4.69, 9.17) is 25.8 Å². The van der Waals surface area contributed by atoms with E-state index in [9.17, 15) is 4.79 Å². The fourth-order valence-corrected chi connectivity index (χ4v) is 2.86. The van der Waals surface area contributed by atoms with E-state index in [1.54, 1.807) is 37.4 Å². The van der Waals surface area contributed by atoms with Gasteiger partial charge in [0.1, 0.15) is 5.75 Å². The monoisotopic (exact) mass is 377 g/mol. The maximum atomic E-state index is 12.5. The third-order valence-electron chi connectivity index (χ3n) is 3.81. The van der Waals surface area contributed by atoms with Crippen molar-refractivity contribution < 1.29 is 19.0 Å². The molecule has 0 saturated heterocycles. The van der Waals surface area contributed by atoms with E-state index in [0.717, 1.165) is 5.56 Å². The minimum atomic E-state index is -0.309. The third-order valence-corrected chi connectivity index (χ3v) is 4.14. The second-order valence-electron chi connectivity index (χ2n) is 5.61. The van der Waals surface area contributed by atoms with Crippen LogP contribution in [0.2, 0.25) is 5.02 Å². The van der Waals surface area contributed by atoms with Crippen LogP contribution < -0.4 is 19.5 Å². The van der Waals surface area contributed by atoms with Gasteiger partial charge in [-0.1, -0.05) is 17.7 Å². The summed E-state index contributed by atoms with van der Waals surface area (Å²) in [4.78, 5) is 12.5. The molecule has 0 radical (unpaired) electrons. The zero-order valence-corrected chi connectivity index (χ0v) is 16.2. The normalized spacial score (nSPS) is 11.6. The second kappa shape index (κ2) is 9.34. The van der Waals surface area contributed by atoms with Gasteiger partial charge in [0.15, 0.2) is 11.5 Å². The molecule has 2 aromatic rings. The van der Waals surface area contributed by atoms with Crippen molar-refractivity contribution in [3.05, 3.63) is 52.5 Å². The van der Waals surface area contributed by atoms with Gasteiger partial charge in [-0.25, -0.2) is 0 Å². The average molecular weight is 378 g/mol. The van der Waals surface area contributed by atoms with Crippen LogP contribution in [0.25, 0.3) is 0 Å². The summed E-state index contributed by atoms with van der Waals surface area (Å²) in [5.41, 5.74) is 1.28. The summed E-state index contributed by atoms with van der Waals surface area (Å²) in [6.07, 6.45) is 0. The highest BCUT2D eigenvalue weighted by molar-refractivity contribution is 6.31. The highest BCUT2D eigenvalue weighted by atomic mass is 35.5. The van der Waals surface area contributed by atoms with Gasteiger partial charge < -0.3 is 19.5 Å². The Hall–Kier alpha value is -2.40. The lowest BCUT2D eigenvalue weighted by Crippen LogP contribution is -2.26. The highest BCUT2D eigenvalue weighted by Crippen LogP contribution is 2.36. The third kappa shape index (κ3) is 4.82. The number of amides is 1. The van der Waals surface area contributed by atoms with Crippen LogP contribution in [0.1, 0.15) is 42.7 Å². The Morgan fingerprint density at radius 3 is 2.38 bits per heavy atom. The fraction of sp³-hybridized carbons (Fsp3) is 0.350. The first-order valence-electron chi connectivity index (χ1n) is 8.54. The maximum absolute atomic E-state index is 12.5. The van der Waals surface area contributed by atoms with Crippen LogP contribution in [-0.2, 0) is 0 Å². The molecule has 2 aromatic carbocycles. The van der Waals surface area contributed by atoms with E-state index in [-0.39, 0.29) is 11.9 Å². The lowest BCUT2D eigenvalue weighted by molar-refractivity contribution is 0.0939. The maximum Gasteiger partial charge on any atom is 0.251 e. The van der Waals surface area contributed by atoms with Crippen molar-refractivity contribution in [1.29, 1.82) is 0 Å². The number of ether oxygens (including phenoxy) is 3. The van der Waals surface area contributed by atoms with Gasteiger partial charge in [-0.3, -0.25) is 4.79 Å². The molecular formula is C20H24ClNO4. The van der Waals surface area contributed by atoms with E-state index in [1.165, 1.54) is 0 Å². The van der Waals surface area contributed by atoms with Crippen molar-refractivity contribution in [3.8, 4) is 17.2 Å². The Morgan fingerprint density at radius 1 is 1.12 bits per heavy atom. The molecule has 0 unspecified atom stereocenters. The van der Waals surface area contributed by atoms with Crippen molar-refractivity contribution in [2.45, 2.75) is 26.8 Å². The zero-order valence-electron chi connectivity index (χ0n) is 15.5. The van der Waals surface area contributed by atoms with Crippen LogP contribution in [-0.4, -0.2) is 26.2 Å². The summed E-state index contributed by atoms with van der Waals surface area (Å²) >= 11 is 6.40. The molecule has 1 N–H and O–H groups in total. The van der Waals surface area contributed by atoms with E-state index >= 15 is 0 Å². The minimum Gasteiger partial charge on any atom is -0.497 e. The summed E-state index contributed by atoms with van der Waals surface area (Å²) in [5.74, 6) is 1.62. The van der Waals surface area contributed by atoms with Crippen LogP contribution in [0.3, 0.4) is 0 Å². The summed E-state index contributed by atoms with van der Waals surface area (Å²) in [7, 11) is 1.56. The molecule has 5 nitrogen and oxygen atoms in total. The van der Waals surface area contributed by atoms with Crippen molar-refractivity contribution in [2.24, 2.45) is 0 Å². The molecule has 6 heteroatoms. The topological polar surface area (TPSA) is 56.8 Å². The van der Waals surface area contributed by atoms with Gasteiger partial charge >= 0.3 is 0 Å².